The van der Waals surface area contributed by atoms with Crippen LogP contribution in [0.4, 0.5) is 0 Å². The maximum atomic E-state index is 5.27. The van der Waals surface area contributed by atoms with Crippen molar-refractivity contribution < 1.29 is 4.74 Å². The number of nitrogens with zero attached hydrogens (tertiary/aromatic N) is 2. The minimum atomic E-state index is 0.811. The molecule has 112 valence electrons. The topological polar surface area (TPSA) is 50.8 Å². The SMILES string of the molecule is COc1ccc2nc(-c3ccccc3-c3ccccn3)[nH]c2c1. The monoisotopic (exact) mass is 301 g/mol. The molecule has 0 saturated heterocycles. The zero-order valence-corrected chi connectivity index (χ0v) is 12.7. The molecule has 2 aromatic carbocycles. The summed E-state index contributed by atoms with van der Waals surface area (Å²) in [5.41, 5.74) is 4.88. The summed E-state index contributed by atoms with van der Waals surface area (Å²) in [5, 5.41) is 0. The maximum Gasteiger partial charge on any atom is 0.139 e. The number of H-pyrrole nitrogens is 1. The highest BCUT2D eigenvalue weighted by molar-refractivity contribution is 5.85. The number of aromatic nitrogens is 3. The molecule has 0 unspecified atom stereocenters. The normalized spacial score (nSPS) is 10.8. The second kappa shape index (κ2) is 5.57. The van der Waals surface area contributed by atoms with Gasteiger partial charge in [0.15, 0.2) is 0 Å². The number of methoxy groups -OCH3 is 1. The minimum Gasteiger partial charge on any atom is -0.497 e. The molecular formula is C19H15N3O. The summed E-state index contributed by atoms with van der Waals surface area (Å²) in [4.78, 5) is 12.5. The number of benzene rings is 2. The molecule has 23 heavy (non-hydrogen) atoms. The first-order valence-corrected chi connectivity index (χ1v) is 7.40. The van der Waals surface area contributed by atoms with Gasteiger partial charge in [-0.25, -0.2) is 4.98 Å². The van der Waals surface area contributed by atoms with Crippen molar-refractivity contribution in [2.75, 3.05) is 7.11 Å². The van der Waals surface area contributed by atoms with E-state index in [-0.39, 0.29) is 0 Å². The molecule has 4 nitrogen and oxygen atoms in total. The Bertz CT molecular complexity index is 961. The molecule has 1 N–H and O–H groups in total. The smallest absolute Gasteiger partial charge is 0.139 e. The summed E-state index contributed by atoms with van der Waals surface area (Å²) in [6, 6.07) is 19.9. The van der Waals surface area contributed by atoms with Gasteiger partial charge in [-0.1, -0.05) is 30.3 Å². The van der Waals surface area contributed by atoms with Crippen LogP contribution in [-0.2, 0) is 0 Å². The molecule has 2 heterocycles. The molecule has 0 bridgehead atoms. The van der Waals surface area contributed by atoms with E-state index in [0.717, 1.165) is 39.4 Å². The van der Waals surface area contributed by atoms with Crippen molar-refractivity contribution >= 4 is 11.0 Å². The fourth-order valence-corrected chi connectivity index (χ4v) is 2.68. The lowest BCUT2D eigenvalue weighted by Gasteiger charge is -2.06. The van der Waals surface area contributed by atoms with Crippen LogP contribution >= 0.6 is 0 Å². The summed E-state index contributed by atoms with van der Waals surface area (Å²) >= 11 is 0. The van der Waals surface area contributed by atoms with E-state index in [1.807, 2.05) is 48.5 Å². The molecule has 0 amide bonds. The standard InChI is InChI=1S/C19H15N3O/c1-23-13-9-10-17-18(12-13)22-19(21-17)15-7-3-2-6-14(15)16-8-4-5-11-20-16/h2-12H,1H3,(H,21,22). The number of ether oxygens (including phenoxy) is 1. The average Bonchev–Trinajstić information content (AvgIpc) is 3.05. The second-order valence-corrected chi connectivity index (χ2v) is 5.23. The molecule has 4 aromatic rings. The van der Waals surface area contributed by atoms with Crippen molar-refractivity contribution in [3.05, 3.63) is 66.9 Å². The molecule has 0 fully saturated rings. The summed E-state index contributed by atoms with van der Waals surface area (Å²) < 4.78 is 5.27. The predicted octanol–water partition coefficient (Wildman–Crippen LogP) is 4.30. The van der Waals surface area contributed by atoms with Gasteiger partial charge in [0.25, 0.3) is 0 Å². The minimum absolute atomic E-state index is 0.811. The van der Waals surface area contributed by atoms with Crippen LogP contribution in [0.1, 0.15) is 0 Å². The number of rotatable bonds is 3. The lowest BCUT2D eigenvalue weighted by molar-refractivity contribution is 0.415. The Balaban J connectivity index is 1.88. The molecule has 0 saturated carbocycles. The average molecular weight is 301 g/mol. The molecule has 2 aromatic heterocycles. The Labute approximate surface area is 133 Å². The van der Waals surface area contributed by atoms with Crippen molar-refractivity contribution in [3.8, 4) is 28.4 Å². The number of fused-ring (bicyclic) bond motifs is 1. The lowest BCUT2D eigenvalue weighted by Crippen LogP contribution is -1.88. The first-order valence-electron chi connectivity index (χ1n) is 7.40. The van der Waals surface area contributed by atoms with Gasteiger partial charge in [-0.05, 0) is 24.3 Å². The molecule has 0 atom stereocenters. The van der Waals surface area contributed by atoms with Gasteiger partial charge in [-0.2, -0.15) is 0 Å². The molecule has 0 spiro atoms. The zero-order valence-electron chi connectivity index (χ0n) is 12.7. The van der Waals surface area contributed by atoms with Gasteiger partial charge in [0, 0.05) is 23.4 Å². The van der Waals surface area contributed by atoms with Crippen molar-refractivity contribution in [1.29, 1.82) is 0 Å². The molecule has 4 heteroatoms. The van der Waals surface area contributed by atoms with Crippen molar-refractivity contribution in [3.63, 3.8) is 0 Å². The third-order valence-corrected chi connectivity index (χ3v) is 3.81. The lowest BCUT2D eigenvalue weighted by atomic mass is 10.0. The van der Waals surface area contributed by atoms with Gasteiger partial charge in [0.1, 0.15) is 11.6 Å². The molecule has 0 radical (unpaired) electrons. The van der Waals surface area contributed by atoms with Crippen molar-refractivity contribution in [2.24, 2.45) is 0 Å². The molecule has 0 aliphatic carbocycles. The molecular weight excluding hydrogens is 286 g/mol. The van der Waals surface area contributed by atoms with E-state index in [1.54, 1.807) is 13.3 Å². The van der Waals surface area contributed by atoms with E-state index in [1.165, 1.54) is 0 Å². The number of hydrogen-bond donors (Lipinski definition) is 1. The van der Waals surface area contributed by atoms with Crippen LogP contribution < -0.4 is 4.74 Å². The Morgan fingerprint density at radius 2 is 1.74 bits per heavy atom. The maximum absolute atomic E-state index is 5.27. The third-order valence-electron chi connectivity index (χ3n) is 3.81. The van der Waals surface area contributed by atoms with Crippen LogP contribution in [0.5, 0.6) is 5.75 Å². The van der Waals surface area contributed by atoms with Crippen LogP contribution in [0.3, 0.4) is 0 Å². The quantitative estimate of drug-likeness (QED) is 0.614. The zero-order chi connectivity index (χ0) is 15.6. The summed E-state index contributed by atoms with van der Waals surface area (Å²) in [7, 11) is 1.66. The van der Waals surface area contributed by atoms with E-state index in [0.29, 0.717) is 0 Å². The number of nitrogens with one attached hydrogen (secondary N) is 1. The van der Waals surface area contributed by atoms with E-state index >= 15 is 0 Å². The first-order chi connectivity index (χ1) is 11.3. The van der Waals surface area contributed by atoms with Gasteiger partial charge in [0.2, 0.25) is 0 Å². The second-order valence-electron chi connectivity index (χ2n) is 5.23. The Morgan fingerprint density at radius 1 is 0.913 bits per heavy atom. The van der Waals surface area contributed by atoms with Crippen LogP contribution in [0.15, 0.2) is 66.9 Å². The van der Waals surface area contributed by atoms with Crippen molar-refractivity contribution in [2.45, 2.75) is 0 Å². The largest absolute Gasteiger partial charge is 0.497 e. The number of hydrogen-bond acceptors (Lipinski definition) is 3. The van der Waals surface area contributed by atoms with E-state index in [4.69, 9.17) is 9.72 Å². The van der Waals surface area contributed by atoms with Crippen LogP contribution in [0.25, 0.3) is 33.7 Å². The highest BCUT2D eigenvalue weighted by atomic mass is 16.5. The molecule has 0 aliphatic heterocycles. The predicted molar refractivity (Wildman–Crippen MR) is 91.3 cm³/mol. The van der Waals surface area contributed by atoms with Gasteiger partial charge < -0.3 is 9.72 Å². The fourth-order valence-electron chi connectivity index (χ4n) is 2.68. The fraction of sp³-hybridized carbons (Fsp3) is 0.0526. The van der Waals surface area contributed by atoms with E-state index < -0.39 is 0 Å². The molecule has 4 rings (SSSR count). The highest BCUT2D eigenvalue weighted by Crippen LogP contribution is 2.31. The van der Waals surface area contributed by atoms with E-state index in [9.17, 15) is 0 Å². The van der Waals surface area contributed by atoms with Crippen LogP contribution in [-0.4, -0.2) is 22.1 Å². The molecule has 0 aliphatic rings. The number of pyridine rings is 1. The van der Waals surface area contributed by atoms with Gasteiger partial charge in [-0.3, -0.25) is 4.98 Å². The Hall–Kier alpha value is -3.14. The highest BCUT2D eigenvalue weighted by Gasteiger charge is 2.12. The number of imidazole rings is 1. The van der Waals surface area contributed by atoms with Gasteiger partial charge in [-0.15, -0.1) is 0 Å². The Kier molecular flexibility index (Phi) is 3.27. The first kappa shape index (κ1) is 13.5. The van der Waals surface area contributed by atoms with Gasteiger partial charge >= 0.3 is 0 Å². The van der Waals surface area contributed by atoms with Crippen molar-refractivity contribution in [1.82, 2.24) is 15.0 Å². The summed E-state index contributed by atoms with van der Waals surface area (Å²) in [5.74, 6) is 1.64. The van der Waals surface area contributed by atoms with E-state index in [2.05, 4.69) is 22.1 Å². The summed E-state index contributed by atoms with van der Waals surface area (Å²) in [6.07, 6.45) is 1.80. The van der Waals surface area contributed by atoms with Crippen LogP contribution in [0, 0.1) is 0 Å². The third kappa shape index (κ3) is 2.44. The van der Waals surface area contributed by atoms with Crippen LogP contribution in [0.2, 0.25) is 0 Å². The summed E-state index contributed by atoms with van der Waals surface area (Å²) in [6.45, 7) is 0. The Morgan fingerprint density at radius 3 is 2.52 bits per heavy atom. The number of aromatic amines is 1. The van der Waals surface area contributed by atoms with Gasteiger partial charge in [0.05, 0.1) is 23.8 Å².